The lowest BCUT2D eigenvalue weighted by Crippen LogP contribution is -2.41. The molecular weight excluding hydrogens is 320 g/mol. The Kier molecular flexibility index (Phi) is 5.73. The first-order valence-corrected chi connectivity index (χ1v) is 9.31. The van der Waals surface area contributed by atoms with Gasteiger partial charge in [0, 0.05) is 24.5 Å². The van der Waals surface area contributed by atoms with Crippen molar-refractivity contribution in [1.82, 2.24) is 20.4 Å². The minimum Gasteiger partial charge on any atom is -0.481 e. The third-order valence-electron chi connectivity index (χ3n) is 5.82. The lowest BCUT2D eigenvalue weighted by atomic mass is 9.85. The summed E-state index contributed by atoms with van der Waals surface area (Å²) in [5.74, 6) is -0.437. The number of likely N-dealkylation sites (N-methyl/N-ethyl adjacent to an activating group) is 1. The van der Waals surface area contributed by atoms with Crippen LogP contribution in [0.2, 0.25) is 0 Å². The number of carbonyl (C=O) groups excluding carboxylic acids is 1. The fraction of sp³-hybridized carbons (Fsp3) is 0.722. The first-order valence-electron chi connectivity index (χ1n) is 9.31. The van der Waals surface area contributed by atoms with E-state index in [1.165, 1.54) is 19.3 Å². The van der Waals surface area contributed by atoms with Crippen molar-refractivity contribution in [3.05, 3.63) is 17.5 Å². The summed E-state index contributed by atoms with van der Waals surface area (Å²) < 4.78 is 0. The molecule has 3 N–H and O–H groups in total. The van der Waals surface area contributed by atoms with Gasteiger partial charge in [-0.05, 0) is 32.7 Å². The van der Waals surface area contributed by atoms with E-state index >= 15 is 0 Å². The molecule has 1 aromatic rings. The highest BCUT2D eigenvalue weighted by atomic mass is 16.4. The van der Waals surface area contributed by atoms with Crippen LogP contribution in [0.25, 0.3) is 0 Å². The molecule has 1 aliphatic heterocycles. The molecule has 1 saturated heterocycles. The molecule has 2 fully saturated rings. The molecular formula is C18H28N4O3. The zero-order chi connectivity index (χ0) is 17.8. The summed E-state index contributed by atoms with van der Waals surface area (Å²) in [5, 5.41) is 19.1. The zero-order valence-electron chi connectivity index (χ0n) is 14.8. The minimum atomic E-state index is -0.767. The summed E-state index contributed by atoms with van der Waals surface area (Å²) in [6.07, 6.45) is 9.50. The number of aromatic nitrogens is 2. The first-order chi connectivity index (χ1) is 12.1. The number of hydrogen-bond donors (Lipinski definition) is 3. The Labute approximate surface area is 148 Å². The molecule has 7 heteroatoms. The number of carbonyl (C=O) groups is 2. The van der Waals surface area contributed by atoms with Crippen LogP contribution in [0.3, 0.4) is 0 Å². The number of nitrogens with zero attached hydrogens (tertiary/aromatic N) is 2. The van der Waals surface area contributed by atoms with Gasteiger partial charge in [-0.3, -0.25) is 19.6 Å². The van der Waals surface area contributed by atoms with Crippen LogP contribution in [0.15, 0.2) is 6.20 Å². The van der Waals surface area contributed by atoms with Crippen LogP contribution in [0, 0.1) is 0 Å². The molecule has 0 bridgehead atoms. The number of amides is 1. The van der Waals surface area contributed by atoms with E-state index in [-0.39, 0.29) is 24.4 Å². The highest BCUT2D eigenvalue weighted by Gasteiger charge is 2.32. The van der Waals surface area contributed by atoms with Crippen molar-refractivity contribution in [3.8, 4) is 0 Å². The van der Waals surface area contributed by atoms with Gasteiger partial charge in [0.15, 0.2) is 0 Å². The van der Waals surface area contributed by atoms with E-state index < -0.39 is 5.97 Å². The number of nitrogens with one attached hydrogen (secondary N) is 2. The zero-order valence-corrected chi connectivity index (χ0v) is 14.8. The van der Waals surface area contributed by atoms with Gasteiger partial charge in [0.2, 0.25) is 0 Å². The van der Waals surface area contributed by atoms with Crippen LogP contribution in [0.4, 0.5) is 0 Å². The topological polar surface area (TPSA) is 98.3 Å². The molecule has 2 aliphatic rings. The van der Waals surface area contributed by atoms with Crippen LogP contribution < -0.4 is 5.32 Å². The maximum absolute atomic E-state index is 12.6. The van der Waals surface area contributed by atoms with E-state index in [4.69, 9.17) is 5.11 Å². The number of aromatic amines is 1. The Hall–Kier alpha value is -1.89. The molecule has 25 heavy (non-hydrogen) atoms. The summed E-state index contributed by atoms with van der Waals surface area (Å²) >= 11 is 0. The van der Waals surface area contributed by atoms with E-state index in [9.17, 15) is 9.59 Å². The molecule has 0 aromatic carbocycles. The van der Waals surface area contributed by atoms with Crippen molar-refractivity contribution >= 4 is 11.9 Å². The normalized spacial score (nSPS) is 25.2. The van der Waals surface area contributed by atoms with Crippen molar-refractivity contribution in [2.75, 3.05) is 13.6 Å². The van der Waals surface area contributed by atoms with Gasteiger partial charge < -0.3 is 10.4 Å². The molecule has 1 saturated carbocycles. The first kappa shape index (κ1) is 17.9. The molecule has 3 rings (SSSR count). The summed E-state index contributed by atoms with van der Waals surface area (Å²) in [5.41, 5.74) is 1.63. The van der Waals surface area contributed by atoms with Crippen molar-refractivity contribution in [2.45, 2.75) is 69.4 Å². The van der Waals surface area contributed by atoms with Crippen LogP contribution in [-0.2, 0) is 4.79 Å². The van der Waals surface area contributed by atoms with Crippen molar-refractivity contribution in [2.24, 2.45) is 0 Å². The Bertz CT molecular complexity index is 609. The molecule has 1 amide bonds. The maximum atomic E-state index is 12.6. The number of aliphatic carboxylic acids is 1. The maximum Gasteiger partial charge on any atom is 0.304 e. The average Bonchev–Trinajstić information content (AvgIpc) is 3.22. The second-order valence-electron chi connectivity index (χ2n) is 7.39. The average molecular weight is 348 g/mol. The molecule has 1 aromatic heterocycles. The quantitative estimate of drug-likeness (QED) is 0.731. The van der Waals surface area contributed by atoms with Gasteiger partial charge in [0.05, 0.1) is 23.9 Å². The predicted octanol–water partition coefficient (Wildman–Crippen LogP) is 2.12. The van der Waals surface area contributed by atoms with Crippen molar-refractivity contribution in [1.29, 1.82) is 0 Å². The largest absolute Gasteiger partial charge is 0.481 e. The third-order valence-corrected chi connectivity index (χ3v) is 5.82. The highest BCUT2D eigenvalue weighted by Crippen LogP contribution is 2.33. The van der Waals surface area contributed by atoms with E-state index in [0.717, 1.165) is 31.4 Å². The Balaban J connectivity index is 1.55. The molecule has 7 nitrogen and oxygen atoms in total. The second kappa shape index (κ2) is 7.99. The molecule has 0 radical (unpaired) electrons. The highest BCUT2D eigenvalue weighted by molar-refractivity contribution is 5.95. The Morgan fingerprint density at radius 1 is 1.24 bits per heavy atom. The molecule has 138 valence electrons. The summed E-state index contributed by atoms with van der Waals surface area (Å²) in [7, 11) is 1.95. The molecule has 1 aliphatic carbocycles. The predicted molar refractivity (Wildman–Crippen MR) is 93.6 cm³/mol. The fourth-order valence-corrected chi connectivity index (χ4v) is 4.27. The summed E-state index contributed by atoms with van der Waals surface area (Å²) in [4.78, 5) is 25.6. The number of H-pyrrole nitrogens is 1. The van der Waals surface area contributed by atoms with E-state index in [1.54, 1.807) is 6.20 Å². The van der Waals surface area contributed by atoms with E-state index in [1.807, 2.05) is 7.05 Å². The van der Waals surface area contributed by atoms with Gasteiger partial charge in [-0.15, -0.1) is 0 Å². The monoisotopic (exact) mass is 348 g/mol. The number of carboxylic acids is 1. The van der Waals surface area contributed by atoms with Crippen LogP contribution in [0.5, 0.6) is 0 Å². The number of likely N-dealkylation sites (tertiary alicyclic amines) is 1. The van der Waals surface area contributed by atoms with E-state index in [0.29, 0.717) is 18.0 Å². The van der Waals surface area contributed by atoms with Crippen LogP contribution >= 0.6 is 0 Å². The van der Waals surface area contributed by atoms with Gasteiger partial charge in [0.25, 0.3) is 5.91 Å². The van der Waals surface area contributed by atoms with Crippen LogP contribution in [0.1, 0.15) is 73.3 Å². The third kappa shape index (κ3) is 4.21. The standard InChI is InChI=1S/C18H28N4O3/c1-22-13(9-16(23)24)7-8-14(22)10-19-18(25)15-11-20-21-17(15)12-5-3-2-4-6-12/h11-14H,2-10H2,1H3,(H,19,25)(H,20,21)(H,23,24)/t13-,14+/m1/s1. The fourth-order valence-electron chi connectivity index (χ4n) is 4.27. The molecule has 0 spiro atoms. The van der Waals surface area contributed by atoms with E-state index in [2.05, 4.69) is 20.4 Å². The van der Waals surface area contributed by atoms with Gasteiger partial charge in [-0.25, -0.2) is 0 Å². The number of hydrogen-bond acceptors (Lipinski definition) is 4. The summed E-state index contributed by atoms with van der Waals surface area (Å²) in [6, 6.07) is 0.254. The number of carboxylic acid groups (broad SMARTS) is 1. The molecule has 0 unspecified atom stereocenters. The smallest absolute Gasteiger partial charge is 0.304 e. The van der Waals surface area contributed by atoms with Crippen molar-refractivity contribution in [3.63, 3.8) is 0 Å². The molecule has 2 atom stereocenters. The van der Waals surface area contributed by atoms with Gasteiger partial charge in [0.1, 0.15) is 0 Å². The SMILES string of the molecule is CN1[C@@H](CC(=O)O)CC[C@H]1CNC(=O)c1cn[nH]c1C1CCCCC1. The molecule has 2 heterocycles. The Morgan fingerprint density at radius 3 is 2.68 bits per heavy atom. The number of rotatable bonds is 6. The lowest BCUT2D eigenvalue weighted by Gasteiger charge is -2.25. The summed E-state index contributed by atoms with van der Waals surface area (Å²) in [6.45, 7) is 0.542. The minimum absolute atomic E-state index is 0.0612. The van der Waals surface area contributed by atoms with Gasteiger partial charge in [-0.2, -0.15) is 5.10 Å². The second-order valence-corrected chi connectivity index (χ2v) is 7.39. The van der Waals surface area contributed by atoms with Crippen LogP contribution in [-0.4, -0.2) is 57.8 Å². The van der Waals surface area contributed by atoms with Gasteiger partial charge >= 0.3 is 5.97 Å². The van der Waals surface area contributed by atoms with Gasteiger partial charge in [-0.1, -0.05) is 19.3 Å². The van der Waals surface area contributed by atoms with Crippen molar-refractivity contribution < 1.29 is 14.7 Å². The Morgan fingerprint density at radius 2 is 1.96 bits per heavy atom. The lowest BCUT2D eigenvalue weighted by molar-refractivity contribution is -0.138.